The molecule has 4 heteroatoms. The van der Waals surface area contributed by atoms with Crippen molar-refractivity contribution in [1.82, 2.24) is 0 Å². The van der Waals surface area contributed by atoms with Gasteiger partial charge in [0.2, 0.25) is 0 Å². The highest BCUT2D eigenvalue weighted by Gasteiger charge is 2.34. The molecule has 0 saturated heterocycles. The van der Waals surface area contributed by atoms with Crippen LogP contribution in [0, 0.1) is 0 Å². The molecule has 1 aromatic rings. The van der Waals surface area contributed by atoms with Gasteiger partial charge in [0.15, 0.2) is 0 Å². The van der Waals surface area contributed by atoms with Crippen LogP contribution in [0.4, 0.5) is 13.2 Å². The Balaban J connectivity index is 3.49. The van der Waals surface area contributed by atoms with E-state index in [4.69, 9.17) is 0 Å². The Hall–Kier alpha value is -0.640. The predicted molar refractivity (Wildman–Crippen MR) is 66.7 cm³/mol. The van der Waals surface area contributed by atoms with Crippen molar-refractivity contribution >= 4 is 11.8 Å². The van der Waals surface area contributed by atoms with Crippen LogP contribution in [0.25, 0.3) is 0 Å². The zero-order valence-electron chi connectivity index (χ0n) is 10.5. The maximum absolute atomic E-state index is 12.9. The van der Waals surface area contributed by atoms with E-state index in [0.29, 0.717) is 12.0 Å². The lowest BCUT2D eigenvalue weighted by Gasteiger charge is -2.20. The van der Waals surface area contributed by atoms with E-state index >= 15 is 0 Å². The summed E-state index contributed by atoms with van der Waals surface area (Å²) in [5, 5.41) is 0. The van der Waals surface area contributed by atoms with E-state index in [1.807, 2.05) is 20.1 Å². The van der Waals surface area contributed by atoms with Crippen LogP contribution >= 0.6 is 11.8 Å². The maximum atomic E-state index is 12.9. The van der Waals surface area contributed by atoms with Gasteiger partial charge in [-0.2, -0.15) is 13.2 Å². The monoisotopic (exact) mass is 262 g/mol. The van der Waals surface area contributed by atoms with Crippen molar-refractivity contribution in [1.29, 1.82) is 0 Å². The van der Waals surface area contributed by atoms with Crippen molar-refractivity contribution in [2.24, 2.45) is 0 Å². The molecule has 96 valence electrons. The van der Waals surface area contributed by atoms with Crippen LogP contribution in [0.5, 0.6) is 0 Å². The Morgan fingerprint density at radius 1 is 1.24 bits per heavy atom. The summed E-state index contributed by atoms with van der Waals surface area (Å²) in [5.41, 5.74) is 0.937. The second-order valence-electron chi connectivity index (χ2n) is 4.22. The van der Waals surface area contributed by atoms with Crippen molar-refractivity contribution in [3.63, 3.8) is 0 Å². The fourth-order valence-corrected chi connectivity index (χ4v) is 3.00. The van der Waals surface area contributed by atoms with Gasteiger partial charge in [0.1, 0.15) is 0 Å². The molecule has 0 amide bonds. The highest BCUT2D eigenvalue weighted by Crippen LogP contribution is 2.39. The molecular formula is C13H17F3S. The van der Waals surface area contributed by atoms with E-state index in [9.17, 15) is 13.2 Å². The molecule has 0 nitrogen and oxygen atoms in total. The molecule has 0 aromatic heterocycles. The van der Waals surface area contributed by atoms with Gasteiger partial charge in [0.25, 0.3) is 0 Å². The summed E-state index contributed by atoms with van der Waals surface area (Å²) < 4.78 is 38.6. The largest absolute Gasteiger partial charge is 0.416 e. The van der Waals surface area contributed by atoms with Crippen LogP contribution in [0.1, 0.15) is 43.4 Å². The summed E-state index contributed by atoms with van der Waals surface area (Å²) in [6.07, 6.45) is -2.02. The first-order valence-electron chi connectivity index (χ1n) is 5.59. The third kappa shape index (κ3) is 2.97. The number of hydrogen-bond donors (Lipinski definition) is 0. The number of benzene rings is 1. The molecule has 0 spiro atoms. The van der Waals surface area contributed by atoms with Gasteiger partial charge in [0.05, 0.1) is 5.56 Å². The number of rotatable bonds is 3. The molecule has 17 heavy (non-hydrogen) atoms. The van der Waals surface area contributed by atoms with E-state index in [1.165, 1.54) is 17.8 Å². The molecular weight excluding hydrogens is 245 g/mol. The highest BCUT2D eigenvalue weighted by atomic mass is 32.2. The normalized spacial score (nSPS) is 12.2. The molecule has 0 heterocycles. The third-order valence-corrected chi connectivity index (χ3v) is 3.67. The topological polar surface area (TPSA) is 0 Å². The molecule has 0 N–H and O–H groups in total. The minimum atomic E-state index is -4.26. The summed E-state index contributed by atoms with van der Waals surface area (Å²) in [5.74, 6) is 0.241. The van der Waals surface area contributed by atoms with Crippen LogP contribution in [0.3, 0.4) is 0 Å². The predicted octanol–water partition coefficient (Wildman–Crippen LogP) is 5.11. The first kappa shape index (κ1) is 14.4. The lowest BCUT2D eigenvalue weighted by Crippen LogP contribution is -2.11. The Labute approximate surface area is 105 Å². The highest BCUT2D eigenvalue weighted by molar-refractivity contribution is 7.98. The molecule has 0 saturated carbocycles. The van der Waals surface area contributed by atoms with E-state index in [2.05, 4.69) is 0 Å². The Morgan fingerprint density at radius 3 is 2.18 bits per heavy atom. The van der Waals surface area contributed by atoms with Crippen LogP contribution in [-0.2, 0) is 12.6 Å². The van der Waals surface area contributed by atoms with E-state index in [-0.39, 0.29) is 5.92 Å². The summed E-state index contributed by atoms with van der Waals surface area (Å²) in [4.78, 5) is 0.789. The number of hydrogen-bond acceptors (Lipinski definition) is 1. The van der Waals surface area contributed by atoms with Crippen LogP contribution in [0.2, 0.25) is 0 Å². The van der Waals surface area contributed by atoms with Gasteiger partial charge >= 0.3 is 6.18 Å². The second kappa shape index (κ2) is 5.34. The van der Waals surface area contributed by atoms with E-state index < -0.39 is 11.7 Å². The molecule has 0 radical (unpaired) electrons. The smallest absolute Gasteiger partial charge is 0.166 e. The Morgan fingerprint density at radius 2 is 1.82 bits per heavy atom. The quantitative estimate of drug-likeness (QED) is 0.682. The van der Waals surface area contributed by atoms with Crippen molar-refractivity contribution in [3.8, 4) is 0 Å². The molecule has 0 aliphatic rings. The molecule has 1 aromatic carbocycles. The lowest BCUT2D eigenvalue weighted by molar-refractivity contribution is -0.138. The van der Waals surface area contributed by atoms with Crippen molar-refractivity contribution < 1.29 is 13.2 Å². The average Bonchev–Trinajstić information content (AvgIpc) is 2.25. The standard InChI is InChI=1S/C13H17F3S/c1-5-9-11(13(14,15)16)7-6-10(8(2)3)12(9)17-4/h6-8H,5H2,1-4H3. The molecule has 0 unspecified atom stereocenters. The van der Waals surface area contributed by atoms with Crippen molar-refractivity contribution in [2.75, 3.05) is 6.26 Å². The van der Waals surface area contributed by atoms with Gasteiger partial charge in [-0.1, -0.05) is 26.8 Å². The van der Waals surface area contributed by atoms with Gasteiger partial charge in [-0.25, -0.2) is 0 Å². The van der Waals surface area contributed by atoms with Crippen LogP contribution in [-0.4, -0.2) is 6.26 Å². The van der Waals surface area contributed by atoms with Gasteiger partial charge in [-0.15, -0.1) is 11.8 Å². The fraction of sp³-hybridized carbons (Fsp3) is 0.538. The molecule has 0 fully saturated rings. The SMILES string of the molecule is CCc1c(C(F)(F)F)ccc(C(C)C)c1SC. The molecule has 1 rings (SSSR count). The summed E-state index contributed by atoms with van der Waals surface area (Å²) in [7, 11) is 0. The maximum Gasteiger partial charge on any atom is 0.416 e. The number of halogens is 3. The lowest BCUT2D eigenvalue weighted by atomic mass is 9.95. The summed E-state index contributed by atoms with van der Waals surface area (Å²) in [6.45, 7) is 5.78. The zero-order chi connectivity index (χ0) is 13.2. The van der Waals surface area contributed by atoms with Gasteiger partial charge < -0.3 is 0 Å². The molecule has 0 atom stereocenters. The van der Waals surface area contributed by atoms with Crippen LogP contribution in [0.15, 0.2) is 17.0 Å². The van der Waals surface area contributed by atoms with E-state index in [1.54, 1.807) is 13.0 Å². The number of thioether (sulfide) groups is 1. The van der Waals surface area contributed by atoms with Gasteiger partial charge in [-0.05, 0) is 35.8 Å². The molecule has 0 bridgehead atoms. The Bertz CT molecular complexity index is 394. The van der Waals surface area contributed by atoms with Gasteiger partial charge in [0, 0.05) is 4.90 Å². The van der Waals surface area contributed by atoms with Gasteiger partial charge in [-0.3, -0.25) is 0 Å². The minimum Gasteiger partial charge on any atom is -0.166 e. The van der Waals surface area contributed by atoms with Crippen molar-refractivity contribution in [2.45, 2.75) is 44.2 Å². The van der Waals surface area contributed by atoms with Crippen LogP contribution < -0.4 is 0 Å². The Kier molecular flexibility index (Phi) is 4.53. The average molecular weight is 262 g/mol. The van der Waals surface area contributed by atoms with E-state index in [0.717, 1.165) is 10.5 Å². The van der Waals surface area contributed by atoms with Crippen molar-refractivity contribution in [3.05, 3.63) is 28.8 Å². The third-order valence-electron chi connectivity index (χ3n) is 2.78. The fourth-order valence-electron chi connectivity index (χ4n) is 1.96. The second-order valence-corrected chi connectivity index (χ2v) is 5.04. The first-order chi connectivity index (χ1) is 7.82. The minimum absolute atomic E-state index is 0.241. The summed E-state index contributed by atoms with van der Waals surface area (Å²) in [6, 6.07) is 2.83. The number of alkyl halides is 3. The zero-order valence-corrected chi connectivity index (χ0v) is 11.3. The summed E-state index contributed by atoms with van der Waals surface area (Å²) >= 11 is 1.41. The molecule has 0 aliphatic heterocycles. The molecule has 0 aliphatic carbocycles. The first-order valence-corrected chi connectivity index (χ1v) is 6.82.